The summed E-state index contributed by atoms with van der Waals surface area (Å²) in [5.74, 6) is 0.314. The molecule has 0 amide bonds. The van der Waals surface area contributed by atoms with Crippen molar-refractivity contribution in [3.05, 3.63) is 188 Å². The Kier molecular flexibility index (Phi) is 8.38. The molecule has 3 aromatic heterocycles. The molecule has 0 aliphatic carbocycles. The molecular formula is C50H37N3. The third kappa shape index (κ3) is 6.39. The van der Waals surface area contributed by atoms with Crippen molar-refractivity contribution in [3.63, 3.8) is 0 Å². The van der Waals surface area contributed by atoms with Gasteiger partial charge in [0, 0.05) is 33.0 Å². The molecule has 3 heterocycles. The minimum Gasteiger partial charge on any atom is -0.248 e. The molecule has 9 aromatic rings. The van der Waals surface area contributed by atoms with Gasteiger partial charge in [-0.2, -0.15) is 0 Å². The monoisotopic (exact) mass is 679 g/mol. The lowest BCUT2D eigenvalue weighted by Gasteiger charge is -2.15. The lowest BCUT2D eigenvalue weighted by Crippen LogP contribution is -1.97. The van der Waals surface area contributed by atoms with Crippen LogP contribution in [0.3, 0.4) is 0 Å². The molecule has 0 saturated carbocycles. The van der Waals surface area contributed by atoms with E-state index in [0.717, 1.165) is 83.5 Å². The fourth-order valence-electron chi connectivity index (χ4n) is 7.24. The van der Waals surface area contributed by atoms with Gasteiger partial charge in [0.25, 0.3) is 0 Å². The average Bonchev–Trinajstić information content (AvgIpc) is 3.24. The van der Waals surface area contributed by atoms with E-state index in [2.05, 4.69) is 184 Å². The summed E-state index contributed by atoms with van der Waals surface area (Å²) in [6.07, 6.45) is 0. The summed E-state index contributed by atoms with van der Waals surface area (Å²) in [5.41, 5.74) is 15.8. The van der Waals surface area contributed by atoms with E-state index in [1.54, 1.807) is 0 Å². The summed E-state index contributed by atoms with van der Waals surface area (Å²) in [6.45, 7) is 4.51. The number of benzene rings is 6. The molecule has 3 heteroatoms. The van der Waals surface area contributed by atoms with Gasteiger partial charge in [-0.05, 0) is 70.1 Å². The van der Waals surface area contributed by atoms with Gasteiger partial charge in [-0.1, -0.05) is 159 Å². The second-order valence-electron chi connectivity index (χ2n) is 13.9. The summed E-state index contributed by atoms with van der Waals surface area (Å²) in [7, 11) is 0. The van der Waals surface area contributed by atoms with Crippen LogP contribution in [-0.4, -0.2) is 15.0 Å². The van der Waals surface area contributed by atoms with Crippen LogP contribution in [0.5, 0.6) is 0 Å². The first-order chi connectivity index (χ1) is 26.1. The van der Waals surface area contributed by atoms with Crippen LogP contribution < -0.4 is 0 Å². The topological polar surface area (TPSA) is 38.7 Å². The van der Waals surface area contributed by atoms with Crippen LogP contribution in [0.2, 0.25) is 0 Å². The molecule has 9 rings (SSSR count). The minimum absolute atomic E-state index is 0.314. The zero-order chi connectivity index (χ0) is 35.7. The summed E-state index contributed by atoms with van der Waals surface area (Å²) < 4.78 is 0. The predicted molar refractivity (Wildman–Crippen MR) is 222 cm³/mol. The Balaban J connectivity index is 1.14. The average molecular weight is 680 g/mol. The molecule has 0 saturated heterocycles. The van der Waals surface area contributed by atoms with Crippen molar-refractivity contribution in [2.45, 2.75) is 19.8 Å². The van der Waals surface area contributed by atoms with E-state index in [9.17, 15) is 0 Å². The van der Waals surface area contributed by atoms with Crippen LogP contribution >= 0.6 is 0 Å². The molecule has 0 unspecified atom stereocenters. The van der Waals surface area contributed by atoms with Gasteiger partial charge in [-0.15, -0.1) is 0 Å². The number of hydrogen-bond donors (Lipinski definition) is 0. The molecule has 0 N–H and O–H groups in total. The van der Waals surface area contributed by atoms with Crippen LogP contribution in [0.1, 0.15) is 25.3 Å². The lowest BCUT2D eigenvalue weighted by atomic mass is 9.94. The molecule has 252 valence electrons. The Labute approximate surface area is 310 Å². The Morgan fingerprint density at radius 1 is 0.321 bits per heavy atom. The smallest absolute Gasteiger partial charge is 0.0975 e. The number of hydrogen-bond acceptors (Lipinski definition) is 3. The van der Waals surface area contributed by atoms with Gasteiger partial charge in [-0.3, -0.25) is 0 Å². The maximum atomic E-state index is 5.36. The molecular weight excluding hydrogens is 643 g/mol. The maximum Gasteiger partial charge on any atom is 0.0975 e. The molecule has 0 radical (unpaired) electrons. The summed E-state index contributed by atoms with van der Waals surface area (Å²) in [5, 5.41) is 2.24. The van der Waals surface area contributed by atoms with E-state index >= 15 is 0 Å². The van der Waals surface area contributed by atoms with Crippen LogP contribution in [0.4, 0.5) is 0 Å². The highest BCUT2D eigenvalue weighted by atomic mass is 14.8. The maximum absolute atomic E-state index is 5.36. The fourth-order valence-corrected chi connectivity index (χ4v) is 7.24. The van der Waals surface area contributed by atoms with Crippen LogP contribution in [0.15, 0.2) is 182 Å². The highest BCUT2D eigenvalue weighted by Gasteiger charge is 2.16. The van der Waals surface area contributed by atoms with Crippen LogP contribution in [0.25, 0.3) is 89.1 Å². The van der Waals surface area contributed by atoms with Crippen molar-refractivity contribution in [2.75, 3.05) is 0 Å². The molecule has 6 aromatic carbocycles. The normalized spacial score (nSPS) is 11.4. The lowest BCUT2D eigenvalue weighted by molar-refractivity contribution is 0.875. The van der Waals surface area contributed by atoms with Crippen molar-refractivity contribution in [2.24, 2.45) is 0 Å². The van der Waals surface area contributed by atoms with Crippen molar-refractivity contribution in [3.8, 4) is 67.3 Å². The van der Waals surface area contributed by atoms with Crippen molar-refractivity contribution >= 4 is 21.8 Å². The summed E-state index contributed by atoms with van der Waals surface area (Å²) >= 11 is 0. The van der Waals surface area contributed by atoms with Crippen molar-refractivity contribution < 1.29 is 0 Å². The fraction of sp³-hybridized carbons (Fsp3) is 0.0600. The summed E-state index contributed by atoms with van der Waals surface area (Å²) in [6, 6.07) is 64.0. The first-order valence-electron chi connectivity index (χ1n) is 18.2. The van der Waals surface area contributed by atoms with E-state index in [0.29, 0.717) is 5.92 Å². The zero-order valence-corrected chi connectivity index (χ0v) is 29.7. The standard InChI is InChI=1S/C50H37N3/c1-33(2)44-32-48(53-50-43(44)26-24-37-25-27-45(52-49(37)50)35-16-8-4-9-17-35)41-23-13-21-39(29-41)38-20-12-22-40(28-38)47-31-42(34-14-6-3-7-15-34)30-46(51-47)36-18-10-5-11-19-36/h3-33H,1-2H3. The van der Waals surface area contributed by atoms with Crippen LogP contribution in [0, 0.1) is 0 Å². The molecule has 0 aliphatic rings. The van der Waals surface area contributed by atoms with Gasteiger partial charge >= 0.3 is 0 Å². The molecule has 0 fully saturated rings. The van der Waals surface area contributed by atoms with Crippen molar-refractivity contribution in [1.29, 1.82) is 0 Å². The molecule has 53 heavy (non-hydrogen) atoms. The van der Waals surface area contributed by atoms with Gasteiger partial charge in [-0.25, -0.2) is 15.0 Å². The van der Waals surface area contributed by atoms with Gasteiger partial charge in [0.15, 0.2) is 0 Å². The SMILES string of the molecule is CC(C)c1cc(-c2cccc(-c3cccc(-c4cc(-c5ccccc5)cc(-c5ccccc5)n4)c3)c2)nc2c1ccc1ccc(-c3ccccc3)nc12. The zero-order valence-electron chi connectivity index (χ0n) is 29.7. The number of pyridine rings is 3. The number of fused-ring (bicyclic) bond motifs is 3. The van der Waals surface area contributed by atoms with Gasteiger partial charge in [0.1, 0.15) is 0 Å². The quantitative estimate of drug-likeness (QED) is 0.157. The first kappa shape index (κ1) is 32.2. The highest BCUT2D eigenvalue weighted by molar-refractivity contribution is 6.05. The third-order valence-electron chi connectivity index (χ3n) is 10.0. The van der Waals surface area contributed by atoms with Gasteiger partial charge in [0.05, 0.1) is 33.8 Å². The Hall–Kier alpha value is -6.71. The second-order valence-corrected chi connectivity index (χ2v) is 13.9. The van der Waals surface area contributed by atoms with E-state index < -0.39 is 0 Å². The Morgan fingerprint density at radius 2 is 0.792 bits per heavy atom. The van der Waals surface area contributed by atoms with E-state index in [4.69, 9.17) is 15.0 Å². The second kappa shape index (κ2) is 13.8. The summed E-state index contributed by atoms with van der Waals surface area (Å²) in [4.78, 5) is 15.7. The molecule has 0 aliphatic heterocycles. The largest absolute Gasteiger partial charge is 0.248 e. The number of rotatable bonds is 7. The molecule has 3 nitrogen and oxygen atoms in total. The number of aromatic nitrogens is 3. The third-order valence-corrected chi connectivity index (χ3v) is 10.0. The van der Waals surface area contributed by atoms with Gasteiger partial charge < -0.3 is 0 Å². The minimum atomic E-state index is 0.314. The first-order valence-corrected chi connectivity index (χ1v) is 18.2. The van der Waals surface area contributed by atoms with E-state index in [-0.39, 0.29) is 0 Å². The molecule has 0 atom stereocenters. The van der Waals surface area contributed by atoms with Crippen LogP contribution in [-0.2, 0) is 0 Å². The van der Waals surface area contributed by atoms with Crippen molar-refractivity contribution in [1.82, 2.24) is 15.0 Å². The predicted octanol–water partition coefficient (Wildman–Crippen LogP) is 13.3. The van der Waals surface area contributed by atoms with E-state index in [1.165, 1.54) is 11.1 Å². The van der Waals surface area contributed by atoms with Gasteiger partial charge in [0.2, 0.25) is 0 Å². The van der Waals surface area contributed by atoms with E-state index in [1.807, 2.05) is 12.1 Å². The molecule has 0 spiro atoms. The Morgan fingerprint density at radius 3 is 1.40 bits per heavy atom. The molecule has 0 bridgehead atoms. The highest BCUT2D eigenvalue weighted by Crippen LogP contribution is 2.36. The Bertz CT molecular complexity index is 2680. The number of nitrogens with zero attached hydrogens (tertiary/aromatic N) is 3.